The van der Waals surface area contributed by atoms with Gasteiger partial charge < -0.3 is 15.4 Å². The van der Waals surface area contributed by atoms with Gasteiger partial charge in [0.05, 0.1) is 6.61 Å². The van der Waals surface area contributed by atoms with Gasteiger partial charge in [0.15, 0.2) is 0 Å². The van der Waals surface area contributed by atoms with Crippen LogP contribution >= 0.6 is 0 Å². The lowest BCUT2D eigenvalue weighted by atomic mass is 10.4. The summed E-state index contributed by atoms with van der Waals surface area (Å²) in [6, 6.07) is 0.564. The van der Waals surface area contributed by atoms with Crippen molar-refractivity contribution in [3.8, 4) is 6.01 Å². The second-order valence-corrected chi connectivity index (χ2v) is 3.41. The van der Waals surface area contributed by atoms with Crippen LogP contribution in [0.5, 0.6) is 6.01 Å². The van der Waals surface area contributed by atoms with Gasteiger partial charge in [-0.3, -0.25) is 0 Å². The van der Waals surface area contributed by atoms with E-state index in [2.05, 4.69) is 15.0 Å². The molecule has 0 aliphatic rings. The van der Waals surface area contributed by atoms with Gasteiger partial charge in [0, 0.05) is 13.1 Å². The van der Waals surface area contributed by atoms with E-state index in [0.717, 1.165) is 0 Å². The van der Waals surface area contributed by atoms with Crippen LogP contribution in [0.3, 0.4) is 0 Å². The summed E-state index contributed by atoms with van der Waals surface area (Å²) in [5, 5.41) is 0. The van der Waals surface area contributed by atoms with Gasteiger partial charge in [0.1, 0.15) is 0 Å². The Morgan fingerprint density at radius 3 is 2.53 bits per heavy atom. The molecule has 1 rings (SSSR count). The molecule has 1 aromatic heterocycles. The van der Waals surface area contributed by atoms with Crippen molar-refractivity contribution < 1.29 is 4.74 Å². The van der Waals surface area contributed by atoms with Crippen LogP contribution in [0.25, 0.3) is 0 Å². The monoisotopic (exact) mass is 211 g/mol. The summed E-state index contributed by atoms with van der Waals surface area (Å²) in [5.74, 6) is 0.705. The third kappa shape index (κ3) is 2.93. The molecule has 0 radical (unpaired) electrons. The van der Waals surface area contributed by atoms with Crippen molar-refractivity contribution in [2.24, 2.45) is 0 Å². The largest absolute Gasteiger partial charge is 0.464 e. The van der Waals surface area contributed by atoms with Crippen LogP contribution in [0.4, 0.5) is 11.9 Å². The fourth-order valence-corrected chi connectivity index (χ4v) is 0.943. The summed E-state index contributed by atoms with van der Waals surface area (Å²) in [6.45, 7) is 6.46. The Morgan fingerprint density at radius 2 is 2.00 bits per heavy atom. The number of anilines is 2. The smallest absolute Gasteiger partial charge is 0.323 e. The molecule has 0 saturated carbocycles. The number of ether oxygens (including phenoxy) is 1. The lowest BCUT2D eigenvalue weighted by Crippen LogP contribution is -2.28. The molecule has 0 aliphatic carbocycles. The van der Waals surface area contributed by atoms with Crippen molar-refractivity contribution >= 4 is 11.9 Å². The number of hydrogen-bond donors (Lipinski definition) is 1. The van der Waals surface area contributed by atoms with Crippen LogP contribution in [0, 0.1) is 0 Å². The van der Waals surface area contributed by atoms with E-state index in [-0.39, 0.29) is 12.0 Å². The summed E-state index contributed by atoms with van der Waals surface area (Å²) >= 11 is 0. The first-order valence-electron chi connectivity index (χ1n) is 4.91. The molecule has 6 nitrogen and oxygen atoms in total. The minimum Gasteiger partial charge on any atom is -0.464 e. The molecule has 0 unspecified atom stereocenters. The zero-order valence-electron chi connectivity index (χ0n) is 9.56. The fourth-order valence-electron chi connectivity index (χ4n) is 0.943. The van der Waals surface area contributed by atoms with E-state index in [4.69, 9.17) is 10.5 Å². The first-order valence-corrected chi connectivity index (χ1v) is 4.91. The standard InChI is InChI=1S/C9H17N5O/c1-5-15-9-12-7(10)11-8(13-9)14(4)6(2)3/h6H,5H2,1-4H3,(H2,10,11,12,13). The molecule has 0 saturated heterocycles. The second-order valence-electron chi connectivity index (χ2n) is 3.41. The molecular formula is C9H17N5O. The molecule has 84 valence electrons. The van der Waals surface area contributed by atoms with Crippen molar-refractivity contribution in [1.82, 2.24) is 15.0 Å². The number of hydrogen-bond acceptors (Lipinski definition) is 6. The Bertz CT molecular complexity index is 328. The highest BCUT2D eigenvalue weighted by Crippen LogP contribution is 2.13. The zero-order valence-corrected chi connectivity index (χ0v) is 9.56. The minimum absolute atomic E-state index is 0.177. The van der Waals surface area contributed by atoms with Gasteiger partial charge in [-0.15, -0.1) is 0 Å². The van der Waals surface area contributed by atoms with Gasteiger partial charge in [-0.2, -0.15) is 15.0 Å². The molecule has 1 heterocycles. The van der Waals surface area contributed by atoms with Crippen LogP contribution in [-0.2, 0) is 0 Å². The highest BCUT2D eigenvalue weighted by Gasteiger charge is 2.11. The van der Waals surface area contributed by atoms with Crippen LogP contribution in [0.1, 0.15) is 20.8 Å². The van der Waals surface area contributed by atoms with E-state index in [9.17, 15) is 0 Å². The number of nitrogen functional groups attached to an aromatic ring is 1. The van der Waals surface area contributed by atoms with Crippen molar-refractivity contribution in [1.29, 1.82) is 0 Å². The van der Waals surface area contributed by atoms with Crippen molar-refractivity contribution in [2.45, 2.75) is 26.8 Å². The molecule has 1 aromatic rings. The predicted molar refractivity (Wildman–Crippen MR) is 58.9 cm³/mol. The van der Waals surface area contributed by atoms with Gasteiger partial charge in [0.25, 0.3) is 0 Å². The van der Waals surface area contributed by atoms with Crippen molar-refractivity contribution in [2.75, 3.05) is 24.3 Å². The lowest BCUT2D eigenvalue weighted by Gasteiger charge is -2.21. The third-order valence-electron chi connectivity index (χ3n) is 1.98. The van der Waals surface area contributed by atoms with Crippen LogP contribution in [0.15, 0.2) is 0 Å². The van der Waals surface area contributed by atoms with Crippen LogP contribution < -0.4 is 15.4 Å². The topological polar surface area (TPSA) is 77.2 Å². The summed E-state index contributed by atoms with van der Waals surface area (Å²) in [6.07, 6.45) is 0. The number of aromatic nitrogens is 3. The van der Waals surface area contributed by atoms with Gasteiger partial charge in [-0.25, -0.2) is 0 Å². The molecule has 0 atom stereocenters. The predicted octanol–water partition coefficient (Wildman–Crippen LogP) is 0.697. The molecule has 0 fully saturated rings. The van der Waals surface area contributed by atoms with Crippen LogP contribution in [0.2, 0.25) is 0 Å². The van der Waals surface area contributed by atoms with Crippen LogP contribution in [-0.4, -0.2) is 34.6 Å². The number of nitrogens with zero attached hydrogens (tertiary/aromatic N) is 4. The molecule has 0 aliphatic heterocycles. The normalized spacial score (nSPS) is 10.5. The molecule has 2 N–H and O–H groups in total. The summed E-state index contributed by atoms with van der Waals surface area (Å²) in [4.78, 5) is 14.0. The molecular weight excluding hydrogens is 194 g/mol. The Hall–Kier alpha value is -1.59. The zero-order chi connectivity index (χ0) is 11.4. The first kappa shape index (κ1) is 11.5. The second kappa shape index (κ2) is 4.77. The molecule has 0 amide bonds. The molecule has 6 heteroatoms. The van der Waals surface area contributed by atoms with Crippen molar-refractivity contribution in [3.05, 3.63) is 0 Å². The summed E-state index contributed by atoms with van der Waals surface area (Å²) in [5.41, 5.74) is 5.56. The van der Waals surface area contributed by atoms with E-state index in [1.807, 2.05) is 32.7 Å². The van der Waals surface area contributed by atoms with E-state index in [0.29, 0.717) is 18.6 Å². The van der Waals surface area contributed by atoms with Crippen molar-refractivity contribution in [3.63, 3.8) is 0 Å². The number of rotatable bonds is 4. The summed E-state index contributed by atoms with van der Waals surface area (Å²) < 4.78 is 5.19. The van der Waals surface area contributed by atoms with Gasteiger partial charge >= 0.3 is 6.01 Å². The molecule has 15 heavy (non-hydrogen) atoms. The van der Waals surface area contributed by atoms with E-state index in [1.54, 1.807) is 0 Å². The Morgan fingerprint density at radius 1 is 1.33 bits per heavy atom. The molecule has 0 bridgehead atoms. The fraction of sp³-hybridized carbons (Fsp3) is 0.667. The van der Waals surface area contributed by atoms with Gasteiger partial charge in [-0.1, -0.05) is 0 Å². The Balaban J connectivity index is 2.97. The van der Waals surface area contributed by atoms with E-state index >= 15 is 0 Å². The SMILES string of the molecule is CCOc1nc(N)nc(N(C)C(C)C)n1. The average molecular weight is 211 g/mol. The van der Waals surface area contributed by atoms with Gasteiger partial charge in [0.2, 0.25) is 11.9 Å². The quantitative estimate of drug-likeness (QED) is 0.789. The average Bonchev–Trinajstić information content (AvgIpc) is 2.16. The minimum atomic E-state index is 0.177. The Kier molecular flexibility index (Phi) is 3.65. The highest BCUT2D eigenvalue weighted by molar-refractivity contribution is 5.35. The lowest BCUT2D eigenvalue weighted by molar-refractivity contribution is 0.312. The van der Waals surface area contributed by atoms with E-state index in [1.165, 1.54) is 0 Å². The van der Waals surface area contributed by atoms with E-state index < -0.39 is 0 Å². The number of nitrogens with two attached hydrogens (primary N) is 1. The van der Waals surface area contributed by atoms with Gasteiger partial charge in [-0.05, 0) is 20.8 Å². The summed E-state index contributed by atoms with van der Waals surface area (Å²) in [7, 11) is 1.90. The molecule has 0 aromatic carbocycles. The third-order valence-corrected chi connectivity index (χ3v) is 1.98. The highest BCUT2D eigenvalue weighted by atomic mass is 16.5. The first-order chi connectivity index (χ1) is 7.04. The maximum absolute atomic E-state index is 5.56. The maximum atomic E-state index is 5.56. The molecule has 0 spiro atoms. The maximum Gasteiger partial charge on any atom is 0.323 e. The Labute approximate surface area is 89.5 Å².